The van der Waals surface area contributed by atoms with Gasteiger partial charge in [0.1, 0.15) is 7.14 Å². The molecule has 0 unspecified atom stereocenters. The van der Waals surface area contributed by atoms with Crippen LogP contribution in [0.4, 0.5) is 0 Å². The molecular formula is C18H14IrOP-. The average molecular weight is 470 g/mol. The summed E-state index contributed by atoms with van der Waals surface area (Å²) in [7, 11) is -2.83. The molecule has 107 valence electrons. The van der Waals surface area contributed by atoms with Gasteiger partial charge in [0, 0.05) is 30.7 Å². The van der Waals surface area contributed by atoms with Crippen molar-refractivity contribution in [2.24, 2.45) is 0 Å². The van der Waals surface area contributed by atoms with E-state index in [1.54, 1.807) is 0 Å². The van der Waals surface area contributed by atoms with Gasteiger partial charge in [0.25, 0.3) is 0 Å². The second-order valence-electron chi connectivity index (χ2n) is 4.53. The number of hydrogen-bond acceptors (Lipinski definition) is 1. The molecular weight excluding hydrogens is 455 g/mol. The Morgan fingerprint density at radius 3 is 1.57 bits per heavy atom. The van der Waals surface area contributed by atoms with Crippen molar-refractivity contribution in [1.29, 1.82) is 0 Å². The molecule has 0 atom stereocenters. The third-order valence-corrected chi connectivity index (χ3v) is 6.28. The summed E-state index contributed by atoms with van der Waals surface area (Å²) in [4.78, 5) is 0. The zero-order valence-corrected chi connectivity index (χ0v) is 14.6. The maximum atomic E-state index is 13.8. The smallest absolute Gasteiger partial charge is 0.147 e. The molecule has 0 amide bonds. The first-order chi connectivity index (χ1) is 9.82. The summed E-state index contributed by atoms with van der Waals surface area (Å²) in [5.74, 6) is 0. The normalized spacial score (nSPS) is 10.7. The Bertz CT molecular complexity index is 624. The first kappa shape index (κ1) is 15.9. The summed E-state index contributed by atoms with van der Waals surface area (Å²) in [6, 6.07) is 29.9. The van der Waals surface area contributed by atoms with E-state index in [0.717, 1.165) is 15.9 Å². The first-order valence-corrected chi connectivity index (χ1v) is 8.21. The van der Waals surface area contributed by atoms with Crippen molar-refractivity contribution in [1.82, 2.24) is 0 Å². The van der Waals surface area contributed by atoms with Gasteiger partial charge in [-0.25, -0.2) is 0 Å². The summed E-state index contributed by atoms with van der Waals surface area (Å²) in [6.45, 7) is 0. The minimum Gasteiger partial charge on any atom is -0.311 e. The maximum Gasteiger partial charge on any atom is 0.147 e. The molecule has 0 saturated heterocycles. The Labute approximate surface area is 138 Å². The van der Waals surface area contributed by atoms with Crippen LogP contribution in [0.2, 0.25) is 0 Å². The van der Waals surface area contributed by atoms with Crippen LogP contribution in [0.3, 0.4) is 0 Å². The zero-order valence-electron chi connectivity index (χ0n) is 11.3. The largest absolute Gasteiger partial charge is 0.311 e. The summed E-state index contributed by atoms with van der Waals surface area (Å²) < 4.78 is 13.8. The molecule has 0 heterocycles. The molecule has 3 heteroatoms. The minimum atomic E-state index is -2.83. The molecule has 0 aliphatic carbocycles. The van der Waals surface area contributed by atoms with Gasteiger partial charge >= 0.3 is 0 Å². The third-order valence-electron chi connectivity index (χ3n) is 3.27. The molecule has 0 aliphatic rings. The Morgan fingerprint density at radius 1 is 0.667 bits per heavy atom. The fourth-order valence-corrected chi connectivity index (χ4v) is 4.87. The van der Waals surface area contributed by atoms with Gasteiger partial charge in [-0.05, 0) is 0 Å². The summed E-state index contributed by atoms with van der Waals surface area (Å²) in [6.07, 6.45) is 0. The molecule has 0 aromatic heterocycles. The molecule has 0 bridgehead atoms. The van der Waals surface area contributed by atoms with Gasteiger partial charge in [0.15, 0.2) is 0 Å². The molecule has 1 nitrogen and oxygen atoms in total. The Hall–Kier alpha value is -1.46. The van der Waals surface area contributed by atoms with E-state index in [1.165, 1.54) is 0 Å². The predicted molar refractivity (Wildman–Crippen MR) is 84.7 cm³/mol. The predicted octanol–water partition coefficient (Wildman–Crippen LogP) is 3.12. The van der Waals surface area contributed by atoms with Crippen LogP contribution in [-0.2, 0) is 24.7 Å². The van der Waals surface area contributed by atoms with Crippen LogP contribution in [0.1, 0.15) is 0 Å². The Balaban J connectivity index is 0.00000161. The topological polar surface area (TPSA) is 17.1 Å². The molecule has 21 heavy (non-hydrogen) atoms. The van der Waals surface area contributed by atoms with E-state index in [2.05, 4.69) is 6.07 Å². The van der Waals surface area contributed by atoms with E-state index in [-0.39, 0.29) is 20.1 Å². The number of rotatable bonds is 3. The van der Waals surface area contributed by atoms with Crippen LogP contribution < -0.4 is 15.9 Å². The summed E-state index contributed by atoms with van der Waals surface area (Å²) in [5.41, 5.74) is 0. The standard InChI is InChI=1S/C18H14OP.Ir/c19-20(16-10-4-1-5-11-16,17-12-6-2-7-13-17)18-14-8-3-9-15-18;/h1-14H;/q-1;. The van der Waals surface area contributed by atoms with E-state index in [0.29, 0.717) is 0 Å². The van der Waals surface area contributed by atoms with Crippen LogP contribution in [-0.4, -0.2) is 0 Å². The van der Waals surface area contributed by atoms with E-state index in [9.17, 15) is 4.57 Å². The zero-order chi connectivity index (χ0) is 13.8. The van der Waals surface area contributed by atoms with Gasteiger partial charge in [0.05, 0.1) is 0 Å². The van der Waals surface area contributed by atoms with Crippen molar-refractivity contribution in [2.45, 2.75) is 0 Å². The average Bonchev–Trinajstić information content (AvgIpc) is 2.56. The SMILES string of the molecule is O=P(c1[c-]cccc1)(c1ccccc1)c1ccccc1.[Ir]. The third kappa shape index (κ3) is 3.09. The molecule has 3 aromatic rings. The van der Waals surface area contributed by atoms with Crippen molar-refractivity contribution < 1.29 is 24.7 Å². The van der Waals surface area contributed by atoms with Crippen LogP contribution in [0, 0.1) is 6.07 Å². The van der Waals surface area contributed by atoms with Crippen molar-refractivity contribution in [3.05, 3.63) is 91.0 Å². The van der Waals surface area contributed by atoms with Gasteiger partial charge in [-0.3, -0.25) is 0 Å². The van der Waals surface area contributed by atoms with Gasteiger partial charge in [-0.1, -0.05) is 66.0 Å². The van der Waals surface area contributed by atoms with E-state index in [4.69, 9.17) is 0 Å². The maximum absolute atomic E-state index is 13.8. The minimum absolute atomic E-state index is 0. The van der Waals surface area contributed by atoms with E-state index in [1.807, 2.05) is 84.9 Å². The van der Waals surface area contributed by atoms with Gasteiger partial charge in [-0.2, -0.15) is 30.3 Å². The van der Waals surface area contributed by atoms with Crippen LogP contribution in [0.25, 0.3) is 0 Å². The van der Waals surface area contributed by atoms with Crippen LogP contribution >= 0.6 is 7.14 Å². The monoisotopic (exact) mass is 470 g/mol. The van der Waals surface area contributed by atoms with Gasteiger partial charge in [0.2, 0.25) is 0 Å². The van der Waals surface area contributed by atoms with Crippen molar-refractivity contribution in [2.75, 3.05) is 0 Å². The second kappa shape index (κ2) is 7.00. The molecule has 0 aliphatic heterocycles. The van der Waals surface area contributed by atoms with Crippen molar-refractivity contribution in [3.63, 3.8) is 0 Å². The quantitative estimate of drug-likeness (QED) is 0.426. The number of benzene rings is 3. The van der Waals surface area contributed by atoms with Crippen LogP contribution in [0.15, 0.2) is 84.9 Å². The molecule has 0 N–H and O–H groups in total. The Kier molecular flexibility index (Phi) is 5.31. The van der Waals surface area contributed by atoms with Crippen molar-refractivity contribution in [3.8, 4) is 0 Å². The second-order valence-corrected chi connectivity index (χ2v) is 7.26. The molecule has 3 aromatic carbocycles. The van der Waals surface area contributed by atoms with Crippen LogP contribution in [0.5, 0.6) is 0 Å². The van der Waals surface area contributed by atoms with Gasteiger partial charge < -0.3 is 4.57 Å². The number of hydrogen-bond donors (Lipinski definition) is 0. The molecule has 0 saturated carbocycles. The fraction of sp³-hybridized carbons (Fsp3) is 0. The molecule has 3 rings (SSSR count). The van der Waals surface area contributed by atoms with E-state index < -0.39 is 7.14 Å². The first-order valence-electron chi connectivity index (χ1n) is 6.50. The Morgan fingerprint density at radius 2 is 1.14 bits per heavy atom. The van der Waals surface area contributed by atoms with E-state index >= 15 is 0 Å². The fourth-order valence-electron chi connectivity index (χ4n) is 2.28. The summed E-state index contributed by atoms with van der Waals surface area (Å²) in [5, 5.41) is 2.43. The van der Waals surface area contributed by atoms with Gasteiger partial charge in [-0.15, -0.1) is 0 Å². The molecule has 0 fully saturated rings. The summed E-state index contributed by atoms with van der Waals surface area (Å²) >= 11 is 0. The molecule has 0 spiro atoms. The van der Waals surface area contributed by atoms with Crippen molar-refractivity contribution >= 4 is 23.1 Å². The molecule has 1 radical (unpaired) electrons.